The molecule has 4 nitrogen and oxygen atoms in total. The molecule has 0 bridgehead atoms. The number of piperidine rings is 1. The van der Waals surface area contributed by atoms with Crippen molar-refractivity contribution in [2.75, 3.05) is 29.5 Å². The minimum absolute atomic E-state index is 0.435. The molecule has 0 radical (unpaired) electrons. The van der Waals surface area contributed by atoms with Crippen LogP contribution in [0.5, 0.6) is 0 Å². The van der Waals surface area contributed by atoms with E-state index in [0.29, 0.717) is 17.5 Å². The van der Waals surface area contributed by atoms with Crippen LogP contribution in [-0.4, -0.2) is 46.6 Å². The molecule has 1 unspecified atom stereocenters. The molecular formula is C16H26N4S. The Kier molecular flexibility index (Phi) is 4.69. The van der Waals surface area contributed by atoms with E-state index in [2.05, 4.69) is 45.8 Å². The summed E-state index contributed by atoms with van der Waals surface area (Å²) in [5.41, 5.74) is 0.435. The lowest BCUT2D eigenvalue weighted by molar-refractivity contribution is 0.217. The summed E-state index contributed by atoms with van der Waals surface area (Å²) in [6, 6.07) is 3.18. The van der Waals surface area contributed by atoms with Crippen LogP contribution in [0.2, 0.25) is 0 Å². The molecule has 3 heterocycles. The van der Waals surface area contributed by atoms with E-state index in [0.717, 1.165) is 19.0 Å². The van der Waals surface area contributed by atoms with E-state index in [4.69, 9.17) is 0 Å². The standard InChI is InChI=1S/C16H26N4S/c1-16(2)6-11-21-12-14(16)19-13-4-9-20(10-5-13)15-17-7-3-8-18-15/h3,7-8,13-14,19H,4-6,9-12H2,1-2H3. The molecule has 21 heavy (non-hydrogen) atoms. The summed E-state index contributed by atoms with van der Waals surface area (Å²) >= 11 is 2.10. The quantitative estimate of drug-likeness (QED) is 0.929. The molecule has 2 aliphatic rings. The minimum Gasteiger partial charge on any atom is -0.341 e. The van der Waals surface area contributed by atoms with E-state index in [1.807, 2.05) is 18.5 Å². The molecule has 1 atom stereocenters. The van der Waals surface area contributed by atoms with Crippen molar-refractivity contribution in [2.45, 2.75) is 45.2 Å². The lowest BCUT2D eigenvalue weighted by Gasteiger charge is -2.42. The maximum Gasteiger partial charge on any atom is 0.225 e. The van der Waals surface area contributed by atoms with Crippen molar-refractivity contribution in [3.8, 4) is 0 Å². The Morgan fingerprint density at radius 3 is 2.62 bits per heavy atom. The van der Waals surface area contributed by atoms with Crippen LogP contribution in [0.4, 0.5) is 5.95 Å². The van der Waals surface area contributed by atoms with Crippen LogP contribution in [0.1, 0.15) is 33.1 Å². The van der Waals surface area contributed by atoms with Crippen molar-refractivity contribution < 1.29 is 0 Å². The SMILES string of the molecule is CC1(C)CCSCC1NC1CCN(c2ncccn2)CC1. The average molecular weight is 306 g/mol. The second-order valence-corrected chi connectivity index (χ2v) is 7.99. The number of hydrogen-bond acceptors (Lipinski definition) is 5. The highest BCUT2D eigenvalue weighted by Gasteiger charge is 2.34. The van der Waals surface area contributed by atoms with Crippen molar-refractivity contribution in [3.63, 3.8) is 0 Å². The maximum atomic E-state index is 4.36. The monoisotopic (exact) mass is 306 g/mol. The Morgan fingerprint density at radius 2 is 1.95 bits per heavy atom. The van der Waals surface area contributed by atoms with Gasteiger partial charge in [-0.15, -0.1) is 0 Å². The second-order valence-electron chi connectivity index (χ2n) is 6.84. The molecule has 3 rings (SSSR count). The Hall–Kier alpha value is -0.810. The summed E-state index contributed by atoms with van der Waals surface area (Å²) in [4.78, 5) is 11.0. The molecule has 2 aliphatic heterocycles. The third-order valence-electron chi connectivity index (χ3n) is 4.89. The van der Waals surface area contributed by atoms with Crippen LogP contribution >= 0.6 is 11.8 Å². The van der Waals surface area contributed by atoms with E-state index in [1.54, 1.807) is 0 Å². The lowest BCUT2D eigenvalue weighted by atomic mass is 9.81. The summed E-state index contributed by atoms with van der Waals surface area (Å²) in [5, 5.41) is 3.93. The summed E-state index contributed by atoms with van der Waals surface area (Å²) < 4.78 is 0. The molecule has 1 aromatic heterocycles. The molecular weight excluding hydrogens is 280 g/mol. The third-order valence-corrected chi connectivity index (χ3v) is 5.95. The zero-order valence-corrected chi connectivity index (χ0v) is 13.9. The predicted molar refractivity (Wildman–Crippen MR) is 89.9 cm³/mol. The largest absolute Gasteiger partial charge is 0.341 e. The zero-order valence-electron chi connectivity index (χ0n) is 13.1. The molecule has 116 valence electrons. The third kappa shape index (κ3) is 3.69. The summed E-state index contributed by atoms with van der Waals surface area (Å²) in [7, 11) is 0. The van der Waals surface area contributed by atoms with Gasteiger partial charge in [0.1, 0.15) is 0 Å². The molecule has 0 amide bonds. The van der Waals surface area contributed by atoms with E-state index >= 15 is 0 Å². The van der Waals surface area contributed by atoms with Gasteiger partial charge in [0.15, 0.2) is 0 Å². The van der Waals surface area contributed by atoms with Gasteiger partial charge in [0.25, 0.3) is 0 Å². The van der Waals surface area contributed by atoms with Crippen LogP contribution in [-0.2, 0) is 0 Å². The van der Waals surface area contributed by atoms with Gasteiger partial charge < -0.3 is 10.2 Å². The van der Waals surface area contributed by atoms with Gasteiger partial charge in [0, 0.05) is 43.3 Å². The second kappa shape index (κ2) is 6.53. The van der Waals surface area contributed by atoms with E-state index in [9.17, 15) is 0 Å². The number of anilines is 1. The molecule has 0 aromatic carbocycles. The maximum absolute atomic E-state index is 4.36. The topological polar surface area (TPSA) is 41.0 Å². The van der Waals surface area contributed by atoms with Gasteiger partial charge >= 0.3 is 0 Å². The fourth-order valence-electron chi connectivity index (χ4n) is 3.20. The van der Waals surface area contributed by atoms with Crippen LogP contribution in [0.25, 0.3) is 0 Å². The van der Waals surface area contributed by atoms with Crippen molar-refractivity contribution in [1.82, 2.24) is 15.3 Å². The number of aromatic nitrogens is 2. The van der Waals surface area contributed by atoms with Crippen molar-refractivity contribution >= 4 is 17.7 Å². The number of nitrogens with one attached hydrogen (secondary N) is 1. The fourth-order valence-corrected chi connectivity index (χ4v) is 4.82. The molecule has 0 spiro atoms. The molecule has 5 heteroatoms. The Morgan fingerprint density at radius 1 is 1.24 bits per heavy atom. The normalized spacial score (nSPS) is 26.8. The Bertz CT molecular complexity index is 443. The van der Waals surface area contributed by atoms with Gasteiger partial charge in [-0.1, -0.05) is 13.8 Å². The first-order chi connectivity index (χ1) is 10.1. The van der Waals surface area contributed by atoms with Gasteiger partial charge in [0.2, 0.25) is 5.95 Å². The van der Waals surface area contributed by atoms with Crippen LogP contribution in [0.15, 0.2) is 18.5 Å². The van der Waals surface area contributed by atoms with Crippen LogP contribution in [0, 0.1) is 5.41 Å². The van der Waals surface area contributed by atoms with Crippen molar-refractivity contribution in [2.24, 2.45) is 5.41 Å². The van der Waals surface area contributed by atoms with E-state index in [1.165, 1.54) is 30.8 Å². The molecule has 2 saturated heterocycles. The van der Waals surface area contributed by atoms with E-state index in [-0.39, 0.29) is 0 Å². The van der Waals surface area contributed by atoms with Gasteiger partial charge in [-0.3, -0.25) is 0 Å². The minimum atomic E-state index is 0.435. The Balaban J connectivity index is 1.52. The van der Waals surface area contributed by atoms with Crippen LogP contribution in [0.3, 0.4) is 0 Å². The molecule has 1 aromatic rings. The highest BCUT2D eigenvalue weighted by atomic mass is 32.2. The van der Waals surface area contributed by atoms with Crippen molar-refractivity contribution in [1.29, 1.82) is 0 Å². The molecule has 2 fully saturated rings. The number of nitrogens with zero attached hydrogens (tertiary/aromatic N) is 3. The van der Waals surface area contributed by atoms with Crippen LogP contribution < -0.4 is 10.2 Å². The van der Waals surface area contributed by atoms with Gasteiger partial charge in [-0.2, -0.15) is 11.8 Å². The lowest BCUT2D eigenvalue weighted by Crippen LogP contribution is -2.53. The first-order valence-electron chi connectivity index (χ1n) is 8.01. The number of hydrogen-bond donors (Lipinski definition) is 1. The first-order valence-corrected chi connectivity index (χ1v) is 9.16. The van der Waals surface area contributed by atoms with E-state index < -0.39 is 0 Å². The summed E-state index contributed by atoms with van der Waals surface area (Å²) in [6.45, 7) is 6.94. The Labute approximate surface area is 132 Å². The van der Waals surface area contributed by atoms with Gasteiger partial charge in [-0.25, -0.2) is 9.97 Å². The van der Waals surface area contributed by atoms with Crippen molar-refractivity contribution in [3.05, 3.63) is 18.5 Å². The number of thioether (sulfide) groups is 1. The summed E-state index contributed by atoms with van der Waals surface area (Å²) in [5.74, 6) is 3.45. The van der Waals surface area contributed by atoms with Gasteiger partial charge in [0.05, 0.1) is 0 Å². The highest BCUT2D eigenvalue weighted by Crippen LogP contribution is 2.34. The highest BCUT2D eigenvalue weighted by molar-refractivity contribution is 7.99. The zero-order chi connectivity index (χ0) is 14.7. The molecule has 0 saturated carbocycles. The molecule has 1 N–H and O–H groups in total. The fraction of sp³-hybridized carbons (Fsp3) is 0.750. The van der Waals surface area contributed by atoms with Gasteiger partial charge in [-0.05, 0) is 36.5 Å². The number of rotatable bonds is 3. The smallest absolute Gasteiger partial charge is 0.225 e. The molecule has 0 aliphatic carbocycles. The predicted octanol–water partition coefficient (Wildman–Crippen LogP) is 2.57. The summed E-state index contributed by atoms with van der Waals surface area (Å²) in [6.07, 6.45) is 7.36. The first kappa shape index (κ1) is 15.1. The average Bonchev–Trinajstić information content (AvgIpc) is 2.51.